The second-order valence-electron chi connectivity index (χ2n) is 4.37. The highest BCUT2D eigenvalue weighted by Gasteiger charge is 2.13. The van der Waals surface area contributed by atoms with E-state index in [1.54, 1.807) is 18.6 Å². The lowest BCUT2D eigenvalue weighted by Crippen LogP contribution is -1.96. The van der Waals surface area contributed by atoms with Crippen molar-refractivity contribution in [3.05, 3.63) is 47.9 Å². The predicted molar refractivity (Wildman–Crippen MR) is 73.4 cm³/mol. The first-order valence-corrected chi connectivity index (χ1v) is 6.18. The van der Waals surface area contributed by atoms with Crippen LogP contribution in [0.4, 0.5) is 0 Å². The molecule has 2 N–H and O–H groups in total. The maximum atomic E-state index is 5.54. The zero-order valence-corrected chi connectivity index (χ0v) is 10.9. The van der Waals surface area contributed by atoms with E-state index in [0.29, 0.717) is 24.0 Å². The molecule has 3 aromatic rings. The first-order chi connectivity index (χ1) is 9.78. The standard InChI is InChI=1S/C14H13N5O/c1-9-4-5-16-8-11(9)13-18-14(20-19-13)12-3-2-10(6-15)7-17-12/h2-5,7-8H,6,15H2,1H3. The van der Waals surface area contributed by atoms with E-state index in [-0.39, 0.29) is 0 Å². The van der Waals surface area contributed by atoms with Gasteiger partial charge in [0.2, 0.25) is 5.82 Å². The molecule has 0 atom stereocenters. The summed E-state index contributed by atoms with van der Waals surface area (Å²) in [4.78, 5) is 12.7. The third kappa shape index (κ3) is 2.28. The Morgan fingerprint density at radius 2 is 2.10 bits per heavy atom. The predicted octanol–water partition coefficient (Wildman–Crippen LogP) is 1.96. The molecule has 6 nitrogen and oxygen atoms in total. The number of aryl methyl sites for hydroxylation is 1. The number of rotatable bonds is 3. The Bertz CT molecular complexity index is 720. The van der Waals surface area contributed by atoms with Gasteiger partial charge in [-0.15, -0.1) is 0 Å². The number of nitrogens with two attached hydrogens (primary N) is 1. The summed E-state index contributed by atoms with van der Waals surface area (Å²) in [5.74, 6) is 0.891. The van der Waals surface area contributed by atoms with Crippen molar-refractivity contribution in [2.24, 2.45) is 5.73 Å². The highest BCUT2D eigenvalue weighted by atomic mass is 16.5. The van der Waals surface area contributed by atoms with Gasteiger partial charge in [-0.2, -0.15) is 4.98 Å². The Morgan fingerprint density at radius 3 is 2.80 bits per heavy atom. The topological polar surface area (TPSA) is 90.7 Å². The average molecular weight is 267 g/mol. The molecule has 0 fully saturated rings. The Labute approximate surface area is 115 Å². The molecule has 0 aromatic carbocycles. The summed E-state index contributed by atoms with van der Waals surface area (Å²) in [6.07, 6.45) is 5.15. The molecule has 20 heavy (non-hydrogen) atoms. The van der Waals surface area contributed by atoms with Crippen LogP contribution in [0.15, 0.2) is 41.3 Å². The molecule has 0 aliphatic rings. The summed E-state index contributed by atoms with van der Waals surface area (Å²) in [6.45, 7) is 2.43. The average Bonchev–Trinajstić information content (AvgIpc) is 2.97. The van der Waals surface area contributed by atoms with Crippen LogP contribution in [-0.2, 0) is 6.54 Å². The van der Waals surface area contributed by atoms with Crippen molar-refractivity contribution in [3.63, 3.8) is 0 Å². The molecule has 0 aliphatic carbocycles. The third-order valence-electron chi connectivity index (χ3n) is 2.99. The molecule has 0 aliphatic heterocycles. The van der Waals surface area contributed by atoms with Gasteiger partial charge in [0, 0.05) is 30.7 Å². The van der Waals surface area contributed by atoms with Crippen LogP contribution < -0.4 is 5.73 Å². The van der Waals surface area contributed by atoms with Crippen molar-refractivity contribution in [1.82, 2.24) is 20.1 Å². The quantitative estimate of drug-likeness (QED) is 0.780. The lowest BCUT2D eigenvalue weighted by Gasteiger charge is -1.97. The van der Waals surface area contributed by atoms with E-state index in [9.17, 15) is 0 Å². The van der Waals surface area contributed by atoms with Gasteiger partial charge in [-0.25, -0.2) is 0 Å². The molecular weight excluding hydrogens is 254 g/mol. The van der Waals surface area contributed by atoms with E-state index >= 15 is 0 Å². The van der Waals surface area contributed by atoms with Gasteiger partial charge < -0.3 is 10.3 Å². The number of pyridine rings is 2. The van der Waals surface area contributed by atoms with Crippen molar-refractivity contribution >= 4 is 0 Å². The minimum Gasteiger partial charge on any atom is -0.332 e. The van der Waals surface area contributed by atoms with E-state index in [0.717, 1.165) is 16.7 Å². The molecule has 0 spiro atoms. The van der Waals surface area contributed by atoms with Gasteiger partial charge >= 0.3 is 0 Å². The summed E-state index contributed by atoms with van der Waals surface area (Å²) in [6, 6.07) is 5.61. The van der Waals surface area contributed by atoms with E-state index < -0.39 is 0 Å². The second kappa shape index (κ2) is 5.18. The highest BCUT2D eigenvalue weighted by Crippen LogP contribution is 2.22. The number of hydrogen-bond donors (Lipinski definition) is 1. The number of hydrogen-bond acceptors (Lipinski definition) is 6. The molecule has 0 radical (unpaired) electrons. The molecule has 0 bridgehead atoms. The Kier molecular flexibility index (Phi) is 3.22. The molecule has 0 unspecified atom stereocenters. The summed E-state index contributed by atoms with van der Waals surface area (Å²) >= 11 is 0. The maximum Gasteiger partial charge on any atom is 0.276 e. The van der Waals surface area contributed by atoms with Gasteiger partial charge in [0.15, 0.2) is 0 Å². The molecule has 0 saturated heterocycles. The molecular formula is C14H13N5O. The van der Waals surface area contributed by atoms with Crippen LogP contribution in [0.1, 0.15) is 11.1 Å². The molecule has 3 aromatic heterocycles. The van der Waals surface area contributed by atoms with E-state index in [4.69, 9.17) is 10.3 Å². The van der Waals surface area contributed by atoms with E-state index in [1.165, 1.54) is 0 Å². The number of nitrogens with zero attached hydrogens (tertiary/aromatic N) is 4. The van der Waals surface area contributed by atoms with Gasteiger partial charge in [-0.3, -0.25) is 9.97 Å². The summed E-state index contributed by atoms with van der Waals surface area (Å²) in [5.41, 5.74) is 9.01. The van der Waals surface area contributed by atoms with Gasteiger partial charge in [-0.1, -0.05) is 11.2 Å². The van der Waals surface area contributed by atoms with E-state index in [1.807, 2.05) is 25.1 Å². The number of aromatic nitrogens is 4. The van der Waals surface area contributed by atoms with Crippen LogP contribution in [0.2, 0.25) is 0 Å². The molecule has 3 rings (SSSR count). The van der Waals surface area contributed by atoms with Crippen LogP contribution in [-0.4, -0.2) is 20.1 Å². The highest BCUT2D eigenvalue weighted by molar-refractivity contribution is 5.60. The lowest BCUT2D eigenvalue weighted by molar-refractivity contribution is 0.431. The molecule has 100 valence electrons. The maximum absolute atomic E-state index is 5.54. The Balaban J connectivity index is 1.95. The van der Waals surface area contributed by atoms with Gasteiger partial charge in [0.1, 0.15) is 5.69 Å². The molecule has 0 saturated carbocycles. The summed E-state index contributed by atoms with van der Waals surface area (Å²) in [7, 11) is 0. The van der Waals surface area contributed by atoms with Crippen LogP contribution in [0.25, 0.3) is 23.0 Å². The zero-order chi connectivity index (χ0) is 13.9. The Morgan fingerprint density at radius 1 is 1.20 bits per heavy atom. The lowest BCUT2D eigenvalue weighted by atomic mass is 10.1. The second-order valence-corrected chi connectivity index (χ2v) is 4.37. The fraction of sp³-hybridized carbons (Fsp3) is 0.143. The van der Waals surface area contributed by atoms with Crippen LogP contribution in [0.3, 0.4) is 0 Å². The van der Waals surface area contributed by atoms with Gasteiger partial charge in [-0.05, 0) is 30.2 Å². The normalized spacial score (nSPS) is 10.7. The summed E-state index contributed by atoms with van der Waals surface area (Å²) < 4.78 is 5.25. The van der Waals surface area contributed by atoms with E-state index in [2.05, 4.69) is 20.1 Å². The van der Waals surface area contributed by atoms with Crippen molar-refractivity contribution in [3.8, 4) is 23.0 Å². The fourth-order valence-corrected chi connectivity index (χ4v) is 1.81. The minimum absolute atomic E-state index is 0.381. The van der Waals surface area contributed by atoms with Crippen LogP contribution in [0, 0.1) is 6.92 Å². The fourth-order valence-electron chi connectivity index (χ4n) is 1.81. The molecule has 0 amide bonds. The molecule has 6 heteroatoms. The first kappa shape index (κ1) is 12.4. The first-order valence-electron chi connectivity index (χ1n) is 6.18. The SMILES string of the molecule is Cc1ccncc1-c1noc(-c2ccc(CN)cn2)n1. The third-order valence-corrected chi connectivity index (χ3v) is 2.99. The van der Waals surface area contributed by atoms with Gasteiger partial charge in [0.05, 0.1) is 0 Å². The van der Waals surface area contributed by atoms with Crippen molar-refractivity contribution in [2.75, 3.05) is 0 Å². The van der Waals surface area contributed by atoms with Crippen LogP contribution in [0.5, 0.6) is 0 Å². The monoisotopic (exact) mass is 267 g/mol. The van der Waals surface area contributed by atoms with Crippen molar-refractivity contribution in [2.45, 2.75) is 13.5 Å². The minimum atomic E-state index is 0.381. The smallest absolute Gasteiger partial charge is 0.276 e. The van der Waals surface area contributed by atoms with Crippen molar-refractivity contribution < 1.29 is 4.52 Å². The van der Waals surface area contributed by atoms with Crippen molar-refractivity contribution in [1.29, 1.82) is 0 Å². The zero-order valence-electron chi connectivity index (χ0n) is 10.9. The van der Waals surface area contributed by atoms with Crippen LogP contribution >= 0.6 is 0 Å². The Hall–Kier alpha value is -2.60. The molecule has 3 heterocycles. The van der Waals surface area contributed by atoms with Gasteiger partial charge in [0.25, 0.3) is 5.89 Å². The summed E-state index contributed by atoms with van der Waals surface area (Å²) in [5, 5.41) is 3.98. The largest absolute Gasteiger partial charge is 0.332 e.